The number of hydrogen-bond donors (Lipinski definition) is 1. The quantitative estimate of drug-likeness (QED) is 0.460. The minimum Gasteiger partial charge on any atom is -0.463 e. The highest BCUT2D eigenvalue weighted by atomic mass is 16.7. The first-order chi connectivity index (χ1) is 15.1. The lowest BCUT2D eigenvalue weighted by atomic mass is 9.97. The molecule has 0 spiro atoms. The molecule has 174 valence electrons. The van der Waals surface area contributed by atoms with Crippen molar-refractivity contribution in [3.05, 3.63) is 35.9 Å². The van der Waals surface area contributed by atoms with Crippen molar-refractivity contribution in [2.24, 2.45) is 0 Å². The van der Waals surface area contributed by atoms with Gasteiger partial charge in [0, 0.05) is 33.3 Å². The van der Waals surface area contributed by atoms with Crippen LogP contribution in [0.25, 0.3) is 0 Å². The van der Waals surface area contributed by atoms with Gasteiger partial charge in [-0.15, -0.1) is 0 Å². The van der Waals surface area contributed by atoms with Gasteiger partial charge in [-0.1, -0.05) is 18.2 Å². The van der Waals surface area contributed by atoms with Crippen molar-refractivity contribution in [1.82, 2.24) is 5.32 Å². The van der Waals surface area contributed by atoms with Crippen LogP contribution in [0.4, 0.5) is 0 Å². The summed E-state index contributed by atoms with van der Waals surface area (Å²) < 4.78 is 26.7. The summed E-state index contributed by atoms with van der Waals surface area (Å²) in [6.07, 6.45) is -6.45. The van der Waals surface area contributed by atoms with Crippen molar-refractivity contribution in [3.63, 3.8) is 0 Å². The Balaban J connectivity index is 2.42. The molecule has 0 aromatic heterocycles. The van der Waals surface area contributed by atoms with Gasteiger partial charge in [0.25, 0.3) is 5.91 Å². The van der Waals surface area contributed by atoms with E-state index in [0.29, 0.717) is 5.56 Å². The number of hydrogen-bond acceptors (Lipinski definition) is 10. The second-order valence-electron chi connectivity index (χ2n) is 6.96. The molecule has 0 saturated carbocycles. The molecule has 0 unspecified atom stereocenters. The Morgan fingerprint density at radius 2 is 1.31 bits per heavy atom. The van der Waals surface area contributed by atoms with Gasteiger partial charge in [-0.25, -0.2) is 0 Å². The van der Waals surface area contributed by atoms with Gasteiger partial charge in [0.05, 0.1) is 0 Å². The summed E-state index contributed by atoms with van der Waals surface area (Å²) in [6.45, 7) is 4.15. The monoisotopic (exact) mass is 451 g/mol. The molecule has 1 aliphatic heterocycles. The van der Waals surface area contributed by atoms with Gasteiger partial charge in [0.15, 0.2) is 24.5 Å². The van der Waals surface area contributed by atoms with Crippen LogP contribution >= 0.6 is 0 Å². The number of ether oxygens (including phenoxy) is 5. The maximum Gasteiger partial charge on any atom is 0.303 e. The van der Waals surface area contributed by atoms with E-state index in [2.05, 4.69) is 5.32 Å². The fraction of sp³-hybridized carbons (Fsp3) is 0.476. The van der Waals surface area contributed by atoms with E-state index in [0.717, 1.165) is 20.8 Å². The van der Waals surface area contributed by atoms with E-state index >= 15 is 0 Å². The lowest BCUT2D eigenvalue weighted by Gasteiger charge is -2.44. The largest absolute Gasteiger partial charge is 0.463 e. The molecule has 32 heavy (non-hydrogen) atoms. The van der Waals surface area contributed by atoms with Crippen LogP contribution in [-0.4, -0.2) is 67.0 Å². The van der Waals surface area contributed by atoms with Crippen molar-refractivity contribution >= 4 is 29.8 Å². The highest BCUT2D eigenvalue weighted by molar-refractivity contribution is 5.94. The number of carbonyl (C=O) groups excluding carboxylic acids is 5. The zero-order valence-electron chi connectivity index (χ0n) is 18.1. The third-order valence-corrected chi connectivity index (χ3v) is 4.30. The van der Waals surface area contributed by atoms with E-state index in [9.17, 15) is 24.0 Å². The fourth-order valence-corrected chi connectivity index (χ4v) is 3.15. The summed E-state index contributed by atoms with van der Waals surface area (Å²) in [7, 11) is 0. The Morgan fingerprint density at radius 1 is 0.781 bits per heavy atom. The Labute approximate surface area is 184 Å². The number of nitrogens with one attached hydrogen (secondary N) is 1. The third-order valence-electron chi connectivity index (χ3n) is 4.30. The molecule has 1 saturated heterocycles. The van der Waals surface area contributed by atoms with Gasteiger partial charge in [0.1, 0.15) is 12.7 Å². The van der Waals surface area contributed by atoms with Crippen LogP contribution in [0.1, 0.15) is 38.1 Å². The van der Waals surface area contributed by atoms with Gasteiger partial charge in [-0.05, 0) is 12.1 Å². The van der Waals surface area contributed by atoms with Crippen LogP contribution in [0.5, 0.6) is 0 Å². The van der Waals surface area contributed by atoms with Gasteiger partial charge in [0.2, 0.25) is 0 Å². The molecule has 1 aromatic rings. The Bertz CT molecular complexity index is 855. The minimum atomic E-state index is -1.36. The summed E-state index contributed by atoms with van der Waals surface area (Å²) in [4.78, 5) is 59.3. The van der Waals surface area contributed by atoms with Crippen molar-refractivity contribution in [1.29, 1.82) is 0 Å². The number of rotatable bonds is 7. The average Bonchev–Trinajstić information content (AvgIpc) is 2.70. The Hall–Kier alpha value is -3.47. The third kappa shape index (κ3) is 7.05. The van der Waals surface area contributed by atoms with Gasteiger partial charge >= 0.3 is 23.9 Å². The van der Waals surface area contributed by atoms with Crippen LogP contribution in [0, 0.1) is 0 Å². The summed E-state index contributed by atoms with van der Waals surface area (Å²) in [6, 6.07) is 8.15. The van der Waals surface area contributed by atoms with Crippen molar-refractivity contribution in [3.8, 4) is 0 Å². The molecule has 0 bridgehead atoms. The van der Waals surface area contributed by atoms with Crippen molar-refractivity contribution in [2.45, 2.75) is 58.3 Å². The van der Waals surface area contributed by atoms with Gasteiger partial charge < -0.3 is 29.0 Å². The van der Waals surface area contributed by atoms with Crippen LogP contribution in [0.3, 0.4) is 0 Å². The second kappa shape index (κ2) is 11.2. The number of esters is 4. The average molecular weight is 451 g/mol. The lowest BCUT2D eigenvalue weighted by molar-refractivity contribution is -0.255. The SMILES string of the molecule is CC(=O)OC[C@H]1O[C@@H](NC(=O)c2ccccc2)[C@H](OC(C)=O)[C@@H](OC(C)=O)[C@@H]1OC(C)=O. The molecule has 1 amide bonds. The first-order valence-electron chi connectivity index (χ1n) is 9.75. The Kier molecular flexibility index (Phi) is 8.71. The van der Waals surface area contributed by atoms with Crippen LogP contribution in [0.15, 0.2) is 30.3 Å². The molecule has 1 N–H and O–H groups in total. The zero-order valence-corrected chi connectivity index (χ0v) is 18.1. The molecule has 1 aliphatic rings. The Morgan fingerprint density at radius 3 is 1.84 bits per heavy atom. The predicted octanol–water partition coefficient (Wildman–Crippen LogP) is 0.499. The number of benzene rings is 1. The highest BCUT2D eigenvalue weighted by Gasteiger charge is 2.52. The molecule has 5 atom stereocenters. The highest BCUT2D eigenvalue weighted by Crippen LogP contribution is 2.28. The zero-order chi connectivity index (χ0) is 23.8. The maximum absolute atomic E-state index is 12.7. The molecule has 1 fully saturated rings. The van der Waals surface area contributed by atoms with Crippen LogP contribution < -0.4 is 5.32 Å². The van der Waals surface area contributed by atoms with Crippen molar-refractivity contribution < 1.29 is 47.7 Å². The standard InChI is InChI=1S/C21H25NO10/c1-11(23)28-10-16-17(29-12(2)24)18(30-13(3)25)19(31-14(4)26)21(32-16)22-20(27)15-8-6-5-7-9-15/h5-9,16-19,21H,10H2,1-4H3,(H,22,27)/t16-,17-,18+,19-,21-/m1/s1. The fourth-order valence-electron chi connectivity index (χ4n) is 3.15. The molecule has 1 aromatic carbocycles. The first-order valence-corrected chi connectivity index (χ1v) is 9.75. The van der Waals surface area contributed by atoms with E-state index in [1.165, 1.54) is 6.92 Å². The first kappa shape index (κ1) is 24.8. The lowest BCUT2D eigenvalue weighted by Crippen LogP contribution is -2.66. The second-order valence-corrected chi connectivity index (χ2v) is 6.96. The molecular weight excluding hydrogens is 426 g/mol. The molecule has 0 radical (unpaired) electrons. The van der Waals surface area contributed by atoms with E-state index in [-0.39, 0.29) is 6.61 Å². The summed E-state index contributed by atoms with van der Waals surface area (Å²) in [5.41, 5.74) is 0.292. The molecule has 0 aliphatic carbocycles. The molecule has 11 nitrogen and oxygen atoms in total. The number of carbonyl (C=O) groups is 5. The predicted molar refractivity (Wildman–Crippen MR) is 106 cm³/mol. The van der Waals surface area contributed by atoms with E-state index in [4.69, 9.17) is 23.7 Å². The molecular formula is C21H25NO10. The van der Waals surface area contributed by atoms with Gasteiger partial charge in [-0.2, -0.15) is 0 Å². The maximum atomic E-state index is 12.7. The van der Waals surface area contributed by atoms with Gasteiger partial charge in [-0.3, -0.25) is 24.0 Å². The van der Waals surface area contributed by atoms with Crippen molar-refractivity contribution in [2.75, 3.05) is 6.61 Å². The van der Waals surface area contributed by atoms with E-state index in [1.54, 1.807) is 30.3 Å². The number of amides is 1. The molecule has 2 rings (SSSR count). The summed E-state index contributed by atoms with van der Waals surface area (Å²) >= 11 is 0. The van der Waals surface area contributed by atoms with Crippen LogP contribution in [0.2, 0.25) is 0 Å². The smallest absolute Gasteiger partial charge is 0.303 e. The van der Waals surface area contributed by atoms with E-state index in [1.807, 2.05) is 0 Å². The minimum absolute atomic E-state index is 0.292. The normalized spacial score (nSPS) is 24.6. The topological polar surface area (TPSA) is 144 Å². The molecule has 1 heterocycles. The summed E-state index contributed by atoms with van der Waals surface area (Å²) in [5.74, 6) is -3.45. The summed E-state index contributed by atoms with van der Waals surface area (Å²) in [5, 5.41) is 2.57. The molecule has 11 heteroatoms. The van der Waals surface area contributed by atoms with Crippen LogP contribution in [-0.2, 0) is 42.9 Å². The van der Waals surface area contributed by atoms with E-state index < -0.39 is 60.4 Å².